The molecule has 2 aromatic carbocycles. The van der Waals surface area contributed by atoms with Crippen molar-refractivity contribution in [2.75, 3.05) is 4.90 Å². The van der Waals surface area contributed by atoms with Crippen LogP contribution in [0.25, 0.3) is 10.9 Å². The van der Waals surface area contributed by atoms with E-state index in [1.54, 1.807) is 49.2 Å². The van der Waals surface area contributed by atoms with E-state index in [1.165, 1.54) is 11.1 Å². The third-order valence-corrected chi connectivity index (χ3v) is 5.97. The average molecular weight is 530 g/mol. The highest BCUT2D eigenvalue weighted by atomic mass is 35.5. The summed E-state index contributed by atoms with van der Waals surface area (Å²) >= 11 is 6.40. The molecule has 1 aliphatic rings. The summed E-state index contributed by atoms with van der Waals surface area (Å²) in [6.07, 6.45) is 3.02. The van der Waals surface area contributed by atoms with E-state index in [0.717, 1.165) is 28.0 Å². The second-order valence-corrected chi connectivity index (χ2v) is 8.88. The Morgan fingerprint density at radius 1 is 1.14 bits per heavy atom. The van der Waals surface area contributed by atoms with Crippen LogP contribution in [0, 0.1) is 24.4 Å². The van der Waals surface area contributed by atoms with Gasteiger partial charge >= 0.3 is 6.03 Å². The molecule has 0 radical (unpaired) electrons. The highest BCUT2D eigenvalue weighted by molar-refractivity contribution is 6.34. The number of guanidine groups is 1. The van der Waals surface area contributed by atoms with Crippen molar-refractivity contribution in [1.29, 1.82) is 0 Å². The Labute approximate surface area is 213 Å². The van der Waals surface area contributed by atoms with Crippen LogP contribution in [-0.4, -0.2) is 43.1 Å². The SMILES string of the molecule is Cc1cncc(N2C(=O)NC(=Nc3cc4cn(C)nc4cc3Cl)N(Cc3cc(F)c(F)c(F)c3)C2O)c1. The molecule has 4 aromatic rings. The van der Waals surface area contributed by atoms with Crippen molar-refractivity contribution in [1.82, 2.24) is 25.0 Å². The maximum absolute atomic E-state index is 13.9. The number of benzene rings is 2. The number of aryl methyl sites for hydroxylation is 2. The van der Waals surface area contributed by atoms with Crippen LogP contribution >= 0.6 is 11.6 Å². The molecule has 1 atom stereocenters. The lowest BCUT2D eigenvalue weighted by Crippen LogP contribution is -2.65. The van der Waals surface area contributed by atoms with E-state index in [9.17, 15) is 23.1 Å². The molecule has 9 nitrogen and oxygen atoms in total. The van der Waals surface area contributed by atoms with Crippen LogP contribution in [-0.2, 0) is 13.6 Å². The van der Waals surface area contributed by atoms with Gasteiger partial charge in [-0.15, -0.1) is 0 Å². The number of hydrogen-bond acceptors (Lipinski definition) is 5. The van der Waals surface area contributed by atoms with Crippen LogP contribution in [0.4, 0.5) is 29.3 Å². The Morgan fingerprint density at radius 2 is 1.86 bits per heavy atom. The number of amides is 2. The smallest absolute Gasteiger partial charge is 0.332 e. The second-order valence-electron chi connectivity index (χ2n) is 8.47. The number of carbonyl (C=O) groups excluding carboxylic acids is 1. The highest BCUT2D eigenvalue weighted by Gasteiger charge is 2.38. The molecule has 1 unspecified atom stereocenters. The molecule has 1 saturated heterocycles. The maximum atomic E-state index is 13.9. The van der Waals surface area contributed by atoms with Crippen molar-refractivity contribution in [3.05, 3.63) is 82.5 Å². The number of nitrogens with zero attached hydrogens (tertiary/aromatic N) is 6. The third-order valence-electron chi connectivity index (χ3n) is 5.67. The van der Waals surface area contributed by atoms with Gasteiger partial charge in [0.05, 0.1) is 34.7 Å². The maximum Gasteiger partial charge on any atom is 0.332 e. The third kappa shape index (κ3) is 4.68. The second kappa shape index (κ2) is 9.37. The van der Waals surface area contributed by atoms with E-state index in [1.807, 2.05) is 0 Å². The number of aliphatic imine (C=N–C) groups is 1. The van der Waals surface area contributed by atoms with Crippen molar-refractivity contribution < 1.29 is 23.1 Å². The van der Waals surface area contributed by atoms with Gasteiger partial charge in [0.2, 0.25) is 12.3 Å². The molecule has 2 aromatic heterocycles. The lowest BCUT2D eigenvalue weighted by molar-refractivity contribution is 0.0419. The molecule has 13 heteroatoms. The van der Waals surface area contributed by atoms with E-state index in [4.69, 9.17) is 11.6 Å². The van der Waals surface area contributed by atoms with E-state index in [-0.39, 0.29) is 34.5 Å². The number of rotatable bonds is 4. The molecule has 0 spiro atoms. The summed E-state index contributed by atoms with van der Waals surface area (Å²) in [4.78, 5) is 23.7. The summed E-state index contributed by atoms with van der Waals surface area (Å²) < 4.78 is 43.0. The summed E-state index contributed by atoms with van der Waals surface area (Å²) in [5.74, 6) is -4.55. The summed E-state index contributed by atoms with van der Waals surface area (Å²) in [5.41, 5.74) is 1.84. The molecule has 0 bridgehead atoms. The molecule has 2 amide bonds. The van der Waals surface area contributed by atoms with Crippen LogP contribution in [0.1, 0.15) is 11.1 Å². The van der Waals surface area contributed by atoms with Gasteiger partial charge in [0, 0.05) is 24.8 Å². The Morgan fingerprint density at radius 3 is 2.57 bits per heavy atom. The van der Waals surface area contributed by atoms with Crippen molar-refractivity contribution in [2.45, 2.75) is 19.8 Å². The summed E-state index contributed by atoms with van der Waals surface area (Å²) in [6.45, 7) is 1.41. The highest BCUT2D eigenvalue weighted by Crippen LogP contribution is 2.31. The van der Waals surface area contributed by atoms with Crippen LogP contribution in [0.15, 0.2) is 53.9 Å². The van der Waals surface area contributed by atoms with E-state index < -0.39 is 29.8 Å². The largest absolute Gasteiger partial charge is 0.356 e. The van der Waals surface area contributed by atoms with Crippen LogP contribution < -0.4 is 10.2 Å². The minimum absolute atomic E-state index is 0.0181. The molecule has 1 fully saturated rings. The van der Waals surface area contributed by atoms with Gasteiger partial charge in [-0.25, -0.2) is 27.9 Å². The van der Waals surface area contributed by atoms with Crippen molar-refractivity contribution in [3.63, 3.8) is 0 Å². The fraction of sp³-hybridized carbons (Fsp3) is 0.167. The lowest BCUT2D eigenvalue weighted by Gasteiger charge is -2.42. The van der Waals surface area contributed by atoms with Gasteiger partial charge in [0.25, 0.3) is 0 Å². The first-order chi connectivity index (χ1) is 17.6. The zero-order valence-corrected chi connectivity index (χ0v) is 20.2. The standard InChI is InChI=1S/C24H19ClF3N7O2/c1-12-3-15(9-29-8-12)35-23(36)31-22(30-20-6-14-11-33(2)32-19(14)7-16(20)25)34(24(35)37)10-13-4-17(26)21(28)18(27)5-13/h3-9,11,24,37H,10H2,1-2H3,(H,30,31,36). The number of halogens is 4. The van der Waals surface area contributed by atoms with Crippen molar-refractivity contribution in [2.24, 2.45) is 12.0 Å². The van der Waals surface area contributed by atoms with Gasteiger partial charge < -0.3 is 5.11 Å². The molecule has 5 rings (SSSR count). The normalized spacial score (nSPS) is 17.1. The van der Waals surface area contributed by atoms with Crippen LogP contribution in [0.2, 0.25) is 5.02 Å². The molecule has 37 heavy (non-hydrogen) atoms. The number of pyridine rings is 1. The Kier molecular flexibility index (Phi) is 6.21. The summed E-state index contributed by atoms with van der Waals surface area (Å²) in [6, 6.07) is 5.73. The first-order valence-corrected chi connectivity index (χ1v) is 11.3. The topological polar surface area (TPSA) is 98.9 Å². The van der Waals surface area contributed by atoms with Crippen molar-refractivity contribution in [3.8, 4) is 0 Å². The fourth-order valence-corrected chi connectivity index (χ4v) is 4.20. The molecule has 1 aliphatic heterocycles. The zero-order chi connectivity index (χ0) is 26.4. The Bertz CT molecular complexity index is 1550. The van der Waals surface area contributed by atoms with Gasteiger partial charge in [0.1, 0.15) is 0 Å². The van der Waals surface area contributed by atoms with Gasteiger partial charge in [-0.1, -0.05) is 11.6 Å². The van der Waals surface area contributed by atoms with E-state index in [0.29, 0.717) is 5.52 Å². The van der Waals surface area contributed by atoms with Gasteiger partial charge in [-0.3, -0.25) is 19.9 Å². The average Bonchev–Trinajstić information content (AvgIpc) is 3.18. The van der Waals surface area contributed by atoms with Gasteiger partial charge in [-0.05, 0) is 48.4 Å². The molecule has 190 valence electrons. The summed E-state index contributed by atoms with van der Waals surface area (Å²) in [7, 11) is 1.74. The Balaban J connectivity index is 1.60. The number of aliphatic hydroxyl groups is 1. The molecular formula is C24H19ClF3N7O2. The van der Waals surface area contributed by atoms with Crippen LogP contribution in [0.3, 0.4) is 0 Å². The fourth-order valence-electron chi connectivity index (χ4n) is 4.00. The molecule has 0 saturated carbocycles. The first kappa shape index (κ1) is 24.5. The number of nitrogens with one attached hydrogen (secondary N) is 1. The zero-order valence-electron chi connectivity index (χ0n) is 19.5. The number of anilines is 1. The minimum Gasteiger partial charge on any atom is -0.356 e. The first-order valence-electron chi connectivity index (χ1n) is 10.9. The lowest BCUT2D eigenvalue weighted by atomic mass is 10.2. The number of aromatic nitrogens is 3. The van der Waals surface area contributed by atoms with Gasteiger partial charge in [-0.2, -0.15) is 5.10 Å². The molecule has 0 aliphatic carbocycles. The number of fused-ring (bicyclic) bond motifs is 1. The quantitative estimate of drug-likeness (QED) is 0.383. The molecule has 2 N–H and O–H groups in total. The van der Waals surface area contributed by atoms with Crippen LogP contribution in [0.5, 0.6) is 0 Å². The Hall–Kier alpha value is -4.16. The predicted octanol–water partition coefficient (Wildman–Crippen LogP) is 4.34. The predicted molar refractivity (Wildman–Crippen MR) is 131 cm³/mol. The van der Waals surface area contributed by atoms with E-state index >= 15 is 0 Å². The molecule has 3 heterocycles. The summed E-state index contributed by atoms with van der Waals surface area (Å²) in [5, 5.41) is 19.1. The minimum atomic E-state index is -1.67. The number of aliphatic hydroxyl groups excluding tert-OH is 1. The van der Waals surface area contributed by atoms with Crippen molar-refractivity contribution >= 4 is 45.9 Å². The van der Waals surface area contributed by atoms with Gasteiger partial charge in [0.15, 0.2) is 17.5 Å². The number of urea groups is 1. The monoisotopic (exact) mass is 529 g/mol. The van der Waals surface area contributed by atoms with E-state index in [2.05, 4.69) is 20.4 Å². The number of carbonyl (C=O) groups is 1. The molecular weight excluding hydrogens is 511 g/mol. The number of hydrogen-bond donors (Lipinski definition) is 2.